The van der Waals surface area contributed by atoms with Gasteiger partial charge in [-0.25, -0.2) is 19.2 Å². The van der Waals surface area contributed by atoms with Crippen molar-refractivity contribution < 1.29 is 39.6 Å². The summed E-state index contributed by atoms with van der Waals surface area (Å²) in [5.41, 5.74) is 0.352. The Kier molecular flexibility index (Phi) is 16.3. The van der Waals surface area contributed by atoms with Crippen molar-refractivity contribution >= 4 is 24.0 Å². The van der Waals surface area contributed by atoms with Crippen LogP contribution in [0, 0.1) is 0 Å². The SMILES string of the molecule is C=C(C)C(=O)O.C=C(C)C(=O)O.O=C1NCCN1CCO.O=C1NCCN1CCO. The fraction of sp³-hybridized carbons (Fsp3) is 0.556. The zero-order chi connectivity index (χ0) is 23.7. The Labute approximate surface area is 175 Å². The van der Waals surface area contributed by atoms with Gasteiger partial charge in [0.25, 0.3) is 0 Å². The van der Waals surface area contributed by atoms with Crippen LogP contribution in [0.1, 0.15) is 13.8 Å². The number of hydrogen-bond acceptors (Lipinski definition) is 6. The summed E-state index contributed by atoms with van der Waals surface area (Å²) in [6.45, 7) is 13.1. The van der Waals surface area contributed by atoms with E-state index < -0.39 is 11.9 Å². The molecule has 4 amide bonds. The summed E-state index contributed by atoms with van der Waals surface area (Å²) in [5, 5.41) is 37.9. The molecular formula is C18H32N4O8. The second-order valence-electron chi connectivity index (χ2n) is 6.06. The molecule has 2 aliphatic heterocycles. The van der Waals surface area contributed by atoms with Crippen LogP contribution in [-0.2, 0) is 9.59 Å². The van der Waals surface area contributed by atoms with Crippen LogP contribution in [0.25, 0.3) is 0 Å². The highest BCUT2D eigenvalue weighted by molar-refractivity contribution is 5.85. The first-order chi connectivity index (χ1) is 14.0. The van der Waals surface area contributed by atoms with Gasteiger partial charge in [0.05, 0.1) is 13.2 Å². The number of hydrogen-bond donors (Lipinski definition) is 6. The summed E-state index contributed by atoms with van der Waals surface area (Å²) < 4.78 is 0. The number of aliphatic carboxylic acids is 2. The average Bonchev–Trinajstić information content (AvgIpc) is 3.26. The van der Waals surface area contributed by atoms with E-state index in [1.165, 1.54) is 13.8 Å². The van der Waals surface area contributed by atoms with E-state index in [0.29, 0.717) is 26.2 Å². The fourth-order valence-corrected chi connectivity index (χ4v) is 1.69. The van der Waals surface area contributed by atoms with E-state index in [-0.39, 0.29) is 36.4 Å². The third kappa shape index (κ3) is 14.9. The second kappa shape index (κ2) is 16.8. The molecule has 0 spiro atoms. The highest BCUT2D eigenvalue weighted by atomic mass is 16.4. The van der Waals surface area contributed by atoms with Crippen LogP contribution in [0.3, 0.4) is 0 Å². The highest BCUT2D eigenvalue weighted by Gasteiger charge is 2.18. The van der Waals surface area contributed by atoms with Crippen LogP contribution < -0.4 is 10.6 Å². The van der Waals surface area contributed by atoms with Gasteiger partial charge in [-0.15, -0.1) is 0 Å². The van der Waals surface area contributed by atoms with E-state index in [2.05, 4.69) is 23.8 Å². The Morgan fingerprint density at radius 3 is 1.23 bits per heavy atom. The Morgan fingerprint density at radius 2 is 1.10 bits per heavy atom. The van der Waals surface area contributed by atoms with Gasteiger partial charge in [0.15, 0.2) is 0 Å². The van der Waals surface area contributed by atoms with Crippen molar-refractivity contribution in [1.29, 1.82) is 0 Å². The Morgan fingerprint density at radius 1 is 0.833 bits per heavy atom. The maximum Gasteiger partial charge on any atom is 0.330 e. The van der Waals surface area contributed by atoms with E-state index in [4.69, 9.17) is 20.4 Å². The monoisotopic (exact) mass is 432 g/mol. The van der Waals surface area contributed by atoms with Crippen LogP contribution in [0.2, 0.25) is 0 Å². The number of carbonyl (C=O) groups excluding carboxylic acids is 2. The largest absolute Gasteiger partial charge is 0.478 e. The minimum atomic E-state index is -0.935. The lowest BCUT2D eigenvalue weighted by atomic mass is 10.4. The number of urea groups is 2. The zero-order valence-electron chi connectivity index (χ0n) is 17.4. The van der Waals surface area contributed by atoms with E-state index in [1.807, 2.05) is 0 Å². The van der Waals surface area contributed by atoms with Gasteiger partial charge < -0.3 is 40.9 Å². The molecular weight excluding hydrogens is 400 g/mol. The summed E-state index contributed by atoms with van der Waals surface area (Å²) >= 11 is 0. The minimum Gasteiger partial charge on any atom is -0.478 e. The van der Waals surface area contributed by atoms with Crippen molar-refractivity contribution in [1.82, 2.24) is 20.4 Å². The molecule has 0 aliphatic carbocycles. The summed E-state index contributed by atoms with van der Waals surface area (Å²) in [7, 11) is 0. The standard InChI is InChI=1S/2C5H10N2O2.2C4H6O2/c2*8-4-3-7-2-1-6-5(7)9;2*1-3(2)4(5)6/h2*8H,1-4H2,(H,6,9);2*1H2,2H3,(H,5,6). The molecule has 30 heavy (non-hydrogen) atoms. The molecule has 0 aromatic heterocycles. The number of nitrogens with one attached hydrogen (secondary N) is 2. The normalized spacial score (nSPS) is 14.0. The molecule has 172 valence electrons. The quantitative estimate of drug-likeness (QED) is 0.298. The maximum atomic E-state index is 10.7. The number of carboxylic acid groups (broad SMARTS) is 2. The molecule has 12 heteroatoms. The van der Waals surface area contributed by atoms with Gasteiger partial charge in [-0.05, 0) is 13.8 Å². The minimum absolute atomic E-state index is 0.0490. The summed E-state index contributed by atoms with van der Waals surface area (Å²) in [5.74, 6) is -1.87. The van der Waals surface area contributed by atoms with E-state index in [0.717, 1.165) is 13.1 Å². The van der Waals surface area contributed by atoms with Crippen molar-refractivity contribution in [3.8, 4) is 0 Å². The molecule has 0 bridgehead atoms. The molecule has 2 heterocycles. The average molecular weight is 432 g/mol. The Balaban J connectivity index is 0. The number of rotatable bonds is 6. The highest BCUT2D eigenvalue weighted by Crippen LogP contribution is 1.94. The van der Waals surface area contributed by atoms with Crippen molar-refractivity contribution in [3.63, 3.8) is 0 Å². The first-order valence-electron chi connectivity index (χ1n) is 9.02. The Hall–Kier alpha value is -3.12. The van der Waals surface area contributed by atoms with Gasteiger partial charge >= 0.3 is 24.0 Å². The maximum absolute atomic E-state index is 10.7. The van der Waals surface area contributed by atoms with Crippen molar-refractivity contribution in [2.24, 2.45) is 0 Å². The van der Waals surface area contributed by atoms with E-state index >= 15 is 0 Å². The first-order valence-corrected chi connectivity index (χ1v) is 9.02. The second-order valence-corrected chi connectivity index (χ2v) is 6.06. The van der Waals surface area contributed by atoms with E-state index in [9.17, 15) is 19.2 Å². The molecule has 2 saturated heterocycles. The number of aliphatic hydroxyl groups is 2. The van der Waals surface area contributed by atoms with Gasteiger partial charge in [0.1, 0.15) is 0 Å². The van der Waals surface area contributed by atoms with Crippen LogP contribution in [0.15, 0.2) is 24.3 Å². The number of nitrogens with zero attached hydrogens (tertiary/aromatic N) is 2. The zero-order valence-corrected chi connectivity index (χ0v) is 17.4. The van der Waals surface area contributed by atoms with Gasteiger partial charge in [0, 0.05) is 50.4 Å². The van der Waals surface area contributed by atoms with Crippen LogP contribution in [0.5, 0.6) is 0 Å². The number of aliphatic hydroxyl groups excluding tert-OH is 2. The lowest BCUT2D eigenvalue weighted by molar-refractivity contribution is -0.133. The van der Waals surface area contributed by atoms with E-state index in [1.54, 1.807) is 9.80 Å². The van der Waals surface area contributed by atoms with Crippen molar-refractivity contribution in [3.05, 3.63) is 24.3 Å². The van der Waals surface area contributed by atoms with Gasteiger partial charge in [0.2, 0.25) is 0 Å². The Bertz CT molecular complexity index is 533. The summed E-state index contributed by atoms with van der Waals surface area (Å²) in [4.78, 5) is 43.7. The third-order valence-electron chi connectivity index (χ3n) is 3.36. The predicted octanol–water partition coefficient (Wildman–Crippen LogP) is -0.698. The molecule has 0 unspecified atom stereocenters. The molecule has 2 fully saturated rings. The fourth-order valence-electron chi connectivity index (χ4n) is 1.69. The predicted molar refractivity (Wildman–Crippen MR) is 109 cm³/mol. The molecule has 0 aromatic rings. The van der Waals surface area contributed by atoms with Crippen LogP contribution in [0.4, 0.5) is 9.59 Å². The number of β-amino-alcohol motifs (C(OH)–C–C–N with tert-alkyl or cyclic N) is 2. The van der Waals surface area contributed by atoms with Crippen LogP contribution >= 0.6 is 0 Å². The molecule has 2 aliphatic rings. The van der Waals surface area contributed by atoms with Crippen molar-refractivity contribution in [2.45, 2.75) is 13.8 Å². The number of carbonyl (C=O) groups is 4. The smallest absolute Gasteiger partial charge is 0.330 e. The van der Waals surface area contributed by atoms with Gasteiger partial charge in [-0.1, -0.05) is 13.2 Å². The number of carboxylic acids is 2. The van der Waals surface area contributed by atoms with Gasteiger partial charge in [-0.3, -0.25) is 0 Å². The van der Waals surface area contributed by atoms with Gasteiger partial charge in [-0.2, -0.15) is 0 Å². The molecule has 2 rings (SSSR count). The molecule has 0 aromatic carbocycles. The summed E-state index contributed by atoms with van der Waals surface area (Å²) in [6, 6.07) is -0.131. The molecule has 12 nitrogen and oxygen atoms in total. The summed E-state index contributed by atoms with van der Waals surface area (Å²) in [6.07, 6.45) is 0. The lowest BCUT2D eigenvalue weighted by Gasteiger charge is -2.10. The van der Waals surface area contributed by atoms with Crippen molar-refractivity contribution in [2.75, 3.05) is 52.5 Å². The molecule has 0 radical (unpaired) electrons. The number of amides is 4. The third-order valence-corrected chi connectivity index (χ3v) is 3.36. The first kappa shape index (κ1) is 29.1. The topological polar surface area (TPSA) is 180 Å². The van der Waals surface area contributed by atoms with Crippen LogP contribution in [-0.4, -0.2) is 107 Å². The molecule has 0 saturated carbocycles. The lowest BCUT2D eigenvalue weighted by Crippen LogP contribution is -2.30. The molecule has 0 atom stereocenters. The molecule has 6 N–H and O–H groups in total.